The highest BCUT2D eigenvalue weighted by molar-refractivity contribution is 5.84. The second-order valence-electron chi connectivity index (χ2n) is 7.62. The number of rotatable bonds is 3. The number of hydrogen-bond donors (Lipinski definition) is 1. The maximum absolute atomic E-state index is 12.9. The van der Waals surface area contributed by atoms with Crippen LogP contribution in [0.25, 0.3) is 21.9 Å². The number of hydrogen-bond acceptors (Lipinski definition) is 3. The molecule has 0 radical (unpaired) electrons. The second kappa shape index (κ2) is 7.20. The number of para-hydroxylation sites is 3. The number of nitrogens with zero attached hydrogens (tertiary/aromatic N) is 3. The molecule has 6 nitrogen and oxygen atoms in total. The summed E-state index contributed by atoms with van der Waals surface area (Å²) in [5.41, 5.74) is 3.67. The van der Waals surface area contributed by atoms with Crippen LogP contribution in [0.4, 0.5) is 0 Å². The number of fused-ring (bicyclic) bond motifs is 2. The number of piperidine rings is 1. The largest absolute Gasteiger partial charge is 0.361 e. The van der Waals surface area contributed by atoms with Crippen LogP contribution < -0.4 is 5.56 Å². The fraction of sp³-hybridized carbons (Fsp3) is 0.261. The van der Waals surface area contributed by atoms with Crippen molar-refractivity contribution in [3.63, 3.8) is 0 Å². The molecule has 1 aliphatic rings. The molecule has 1 fully saturated rings. The van der Waals surface area contributed by atoms with E-state index in [0.29, 0.717) is 24.5 Å². The Labute approximate surface area is 167 Å². The summed E-state index contributed by atoms with van der Waals surface area (Å²) in [6.07, 6.45) is 5.26. The Morgan fingerprint density at radius 1 is 1.07 bits per heavy atom. The van der Waals surface area contributed by atoms with Crippen LogP contribution in [0.3, 0.4) is 0 Å². The van der Waals surface area contributed by atoms with Gasteiger partial charge in [-0.25, -0.2) is 4.98 Å². The standard InChI is InChI=1S/C23H22N4O2/c28-22-14-25-20-7-3-4-8-21(20)27(22)15-23(29)26-11-9-16(10-12-26)18-13-24-19-6-2-1-5-17(18)19/h1-8,13-14,16,24H,9-12,15H2. The third-order valence-electron chi connectivity index (χ3n) is 5.95. The maximum Gasteiger partial charge on any atom is 0.269 e. The van der Waals surface area contributed by atoms with E-state index in [4.69, 9.17) is 0 Å². The summed E-state index contributed by atoms with van der Waals surface area (Å²) >= 11 is 0. The number of H-pyrrole nitrogens is 1. The van der Waals surface area contributed by atoms with Crippen molar-refractivity contribution in [3.05, 3.63) is 76.8 Å². The maximum atomic E-state index is 12.9. The second-order valence-corrected chi connectivity index (χ2v) is 7.62. The van der Waals surface area contributed by atoms with Crippen LogP contribution in [0.2, 0.25) is 0 Å². The lowest BCUT2D eigenvalue weighted by Crippen LogP contribution is -2.41. The summed E-state index contributed by atoms with van der Waals surface area (Å²) in [7, 11) is 0. The van der Waals surface area contributed by atoms with Gasteiger partial charge in [0.2, 0.25) is 5.91 Å². The van der Waals surface area contributed by atoms with Crippen LogP contribution in [-0.4, -0.2) is 38.4 Å². The van der Waals surface area contributed by atoms with E-state index in [9.17, 15) is 9.59 Å². The lowest BCUT2D eigenvalue weighted by molar-refractivity contribution is -0.132. The minimum atomic E-state index is -0.245. The van der Waals surface area contributed by atoms with E-state index < -0.39 is 0 Å². The molecular weight excluding hydrogens is 364 g/mol. The van der Waals surface area contributed by atoms with Crippen molar-refractivity contribution in [2.75, 3.05) is 13.1 Å². The fourth-order valence-corrected chi connectivity index (χ4v) is 4.38. The van der Waals surface area contributed by atoms with Gasteiger partial charge in [0.15, 0.2) is 0 Å². The van der Waals surface area contributed by atoms with Crippen molar-refractivity contribution in [1.82, 2.24) is 19.4 Å². The van der Waals surface area contributed by atoms with Gasteiger partial charge in [-0.3, -0.25) is 14.2 Å². The Kier molecular flexibility index (Phi) is 4.39. The van der Waals surface area contributed by atoms with Crippen molar-refractivity contribution in [3.8, 4) is 0 Å². The first kappa shape index (κ1) is 17.7. The number of nitrogens with one attached hydrogen (secondary N) is 1. The molecule has 0 saturated carbocycles. The van der Waals surface area contributed by atoms with Gasteiger partial charge in [-0.15, -0.1) is 0 Å². The zero-order chi connectivity index (χ0) is 19.8. The molecule has 29 heavy (non-hydrogen) atoms. The third-order valence-corrected chi connectivity index (χ3v) is 5.95. The highest BCUT2D eigenvalue weighted by Gasteiger charge is 2.25. The number of carbonyl (C=O) groups excluding carboxylic acids is 1. The molecule has 146 valence electrons. The first-order valence-electron chi connectivity index (χ1n) is 9.99. The zero-order valence-corrected chi connectivity index (χ0v) is 16.0. The summed E-state index contributed by atoms with van der Waals surface area (Å²) in [5, 5.41) is 1.27. The lowest BCUT2D eigenvalue weighted by atomic mass is 9.89. The molecule has 5 rings (SSSR count). The van der Waals surface area contributed by atoms with Gasteiger partial charge < -0.3 is 9.88 Å². The smallest absolute Gasteiger partial charge is 0.269 e. The molecule has 6 heteroatoms. The molecule has 1 aliphatic heterocycles. The van der Waals surface area contributed by atoms with Gasteiger partial charge in [0, 0.05) is 30.2 Å². The Morgan fingerprint density at radius 2 is 1.83 bits per heavy atom. The molecule has 1 saturated heterocycles. The van der Waals surface area contributed by atoms with Crippen molar-refractivity contribution in [1.29, 1.82) is 0 Å². The van der Waals surface area contributed by atoms with Crippen molar-refractivity contribution >= 4 is 27.8 Å². The van der Waals surface area contributed by atoms with Crippen LogP contribution in [0.1, 0.15) is 24.3 Å². The van der Waals surface area contributed by atoms with Gasteiger partial charge in [-0.1, -0.05) is 30.3 Å². The molecule has 0 atom stereocenters. The van der Waals surface area contributed by atoms with Crippen molar-refractivity contribution < 1.29 is 4.79 Å². The van der Waals surface area contributed by atoms with E-state index in [1.807, 2.05) is 35.2 Å². The minimum absolute atomic E-state index is 0.0131. The number of benzene rings is 2. The van der Waals surface area contributed by atoms with E-state index in [1.54, 1.807) is 0 Å². The lowest BCUT2D eigenvalue weighted by Gasteiger charge is -2.32. The summed E-state index contributed by atoms with van der Waals surface area (Å²) in [6, 6.07) is 15.8. The topological polar surface area (TPSA) is 71.0 Å². The summed E-state index contributed by atoms with van der Waals surface area (Å²) in [6.45, 7) is 1.47. The predicted molar refractivity (Wildman–Crippen MR) is 113 cm³/mol. The number of likely N-dealkylation sites (tertiary alicyclic amines) is 1. The quantitative estimate of drug-likeness (QED) is 0.587. The van der Waals surface area contributed by atoms with Crippen molar-refractivity contribution in [2.45, 2.75) is 25.3 Å². The summed E-state index contributed by atoms with van der Waals surface area (Å²) in [5.74, 6) is 0.431. The zero-order valence-electron chi connectivity index (χ0n) is 16.0. The Balaban J connectivity index is 1.31. The van der Waals surface area contributed by atoms with Crippen LogP contribution in [0.5, 0.6) is 0 Å². The Bertz CT molecular complexity index is 1250. The molecule has 0 unspecified atom stereocenters. The highest BCUT2D eigenvalue weighted by atomic mass is 16.2. The van der Waals surface area contributed by atoms with E-state index in [2.05, 4.69) is 34.4 Å². The molecule has 1 N–H and O–H groups in total. The molecule has 1 amide bonds. The number of carbonyl (C=O) groups is 1. The normalized spacial score (nSPS) is 15.2. The SMILES string of the molecule is O=C(Cn1c(=O)cnc2ccccc21)N1CCC(c2c[nH]c3ccccc23)CC1. The van der Waals surface area contributed by atoms with Crippen LogP contribution in [0.15, 0.2) is 65.7 Å². The Morgan fingerprint density at radius 3 is 2.69 bits per heavy atom. The number of amides is 1. The van der Waals surface area contributed by atoms with E-state index in [0.717, 1.165) is 23.9 Å². The molecule has 0 aliphatic carbocycles. The van der Waals surface area contributed by atoms with Gasteiger partial charge in [0.1, 0.15) is 6.54 Å². The van der Waals surface area contributed by atoms with E-state index in [1.165, 1.54) is 21.7 Å². The molecule has 3 heterocycles. The number of aromatic amines is 1. The van der Waals surface area contributed by atoms with Crippen LogP contribution in [-0.2, 0) is 11.3 Å². The summed E-state index contributed by atoms with van der Waals surface area (Å²) < 4.78 is 1.52. The fourth-order valence-electron chi connectivity index (χ4n) is 4.38. The monoisotopic (exact) mass is 386 g/mol. The minimum Gasteiger partial charge on any atom is -0.361 e. The predicted octanol–water partition coefficient (Wildman–Crippen LogP) is 3.28. The van der Waals surface area contributed by atoms with Gasteiger partial charge in [-0.2, -0.15) is 0 Å². The van der Waals surface area contributed by atoms with E-state index >= 15 is 0 Å². The van der Waals surface area contributed by atoms with Crippen LogP contribution in [0, 0.1) is 0 Å². The first-order chi connectivity index (χ1) is 14.2. The van der Waals surface area contributed by atoms with Crippen molar-refractivity contribution in [2.24, 2.45) is 0 Å². The first-order valence-corrected chi connectivity index (χ1v) is 9.99. The van der Waals surface area contributed by atoms with Gasteiger partial charge in [-0.05, 0) is 42.5 Å². The van der Waals surface area contributed by atoms with Gasteiger partial charge >= 0.3 is 0 Å². The van der Waals surface area contributed by atoms with E-state index in [-0.39, 0.29) is 18.0 Å². The number of aromatic nitrogens is 3. The Hall–Kier alpha value is -3.41. The molecule has 2 aromatic carbocycles. The molecule has 2 aromatic heterocycles. The average molecular weight is 386 g/mol. The van der Waals surface area contributed by atoms with Gasteiger partial charge in [0.05, 0.1) is 17.2 Å². The molecule has 4 aromatic rings. The average Bonchev–Trinajstić information content (AvgIpc) is 3.20. The summed E-state index contributed by atoms with van der Waals surface area (Å²) in [4.78, 5) is 34.6. The molecule has 0 spiro atoms. The van der Waals surface area contributed by atoms with Crippen LogP contribution >= 0.6 is 0 Å². The van der Waals surface area contributed by atoms with Gasteiger partial charge in [0.25, 0.3) is 5.56 Å². The highest BCUT2D eigenvalue weighted by Crippen LogP contribution is 2.33. The third kappa shape index (κ3) is 3.20. The molecule has 0 bridgehead atoms. The molecular formula is C23H22N4O2.